The Bertz CT molecular complexity index is 799. The molecule has 0 spiro atoms. The third-order valence-corrected chi connectivity index (χ3v) is 4.01. The summed E-state index contributed by atoms with van der Waals surface area (Å²) >= 11 is 1.25. The van der Waals surface area contributed by atoms with Crippen molar-refractivity contribution in [3.8, 4) is 5.75 Å². The number of anilines is 2. The third-order valence-electron chi connectivity index (χ3n) is 3.02. The molecule has 0 amide bonds. The number of hydrogen-bond donors (Lipinski definition) is 1. The Kier molecular flexibility index (Phi) is 4.73. The highest BCUT2D eigenvalue weighted by Gasteiger charge is 2.10. The number of methoxy groups -OCH3 is 1. The number of rotatable bonds is 5. The van der Waals surface area contributed by atoms with Gasteiger partial charge in [0.15, 0.2) is 5.82 Å². The van der Waals surface area contributed by atoms with Gasteiger partial charge in [-0.25, -0.2) is 14.4 Å². The molecular formula is C17H14FN3OS. The molecule has 4 nitrogen and oxygen atoms in total. The average Bonchev–Trinajstić information content (AvgIpc) is 2.59. The number of halogens is 1. The summed E-state index contributed by atoms with van der Waals surface area (Å²) in [6, 6.07) is 16.9. The SMILES string of the molecule is COc1ccccc1Nc1ncc(F)c(Sc2ccccc2)n1. The predicted octanol–water partition coefficient (Wildman–Crippen LogP) is 4.52. The van der Waals surface area contributed by atoms with E-state index >= 15 is 0 Å². The van der Waals surface area contributed by atoms with Gasteiger partial charge < -0.3 is 10.1 Å². The van der Waals surface area contributed by atoms with Gasteiger partial charge in [0.2, 0.25) is 5.95 Å². The average molecular weight is 327 g/mol. The fraction of sp³-hybridized carbons (Fsp3) is 0.0588. The number of nitrogens with one attached hydrogen (secondary N) is 1. The monoisotopic (exact) mass is 327 g/mol. The number of benzene rings is 2. The van der Waals surface area contributed by atoms with Crippen molar-refractivity contribution in [3.63, 3.8) is 0 Å². The van der Waals surface area contributed by atoms with E-state index in [1.807, 2.05) is 54.6 Å². The normalized spacial score (nSPS) is 10.3. The first-order valence-corrected chi connectivity index (χ1v) is 7.73. The van der Waals surface area contributed by atoms with Crippen LogP contribution in [0.25, 0.3) is 0 Å². The standard InChI is InChI=1S/C17H14FN3OS/c1-22-15-10-6-5-9-14(15)20-17-19-11-13(18)16(21-17)23-12-7-3-2-4-8-12/h2-11H,1H3,(H,19,20,21). The molecule has 0 atom stereocenters. The third kappa shape index (κ3) is 3.78. The van der Waals surface area contributed by atoms with Gasteiger partial charge in [-0.15, -0.1) is 0 Å². The van der Waals surface area contributed by atoms with Gasteiger partial charge in [0.25, 0.3) is 0 Å². The van der Waals surface area contributed by atoms with Crippen LogP contribution >= 0.6 is 11.8 Å². The second kappa shape index (κ2) is 7.11. The Morgan fingerprint density at radius 1 is 1.04 bits per heavy atom. The lowest BCUT2D eigenvalue weighted by atomic mass is 10.3. The van der Waals surface area contributed by atoms with E-state index in [2.05, 4.69) is 15.3 Å². The van der Waals surface area contributed by atoms with E-state index in [9.17, 15) is 4.39 Å². The minimum absolute atomic E-state index is 0.267. The summed E-state index contributed by atoms with van der Waals surface area (Å²) in [4.78, 5) is 9.14. The zero-order chi connectivity index (χ0) is 16.1. The molecule has 2 aromatic carbocycles. The summed E-state index contributed by atoms with van der Waals surface area (Å²) < 4.78 is 19.2. The Morgan fingerprint density at radius 3 is 2.57 bits per heavy atom. The summed E-state index contributed by atoms with van der Waals surface area (Å²) in [7, 11) is 1.59. The molecule has 0 saturated heterocycles. The van der Waals surface area contributed by atoms with Gasteiger partial charge in [-0.2, -0.15) is 0 Å². The summed E-state index contributed by atoms with van der Waals surface area (Å²) in [6.07, 6.45) is 1.16. The van der Waals surface area contributed by atoms with Gasteiger partial charge in [0.05, 0.1) is 19.0 Å². The van der Waals surface area contributed by atoms with Gasteiger partial charge in [-0.1, -0.05) is 42.1 Å². The van der Waals surface area contributed by atoms with Crippen molar-refractivity contribution in [1.29, 1.82) is 0 Å². The van der Waals surface area contributed by atoms with E-state index in [1.54, 1.807) is 7.11 Å². The van der Waals surface area contributed by atoms with Crippen molar-refractivity contribution in [2.75, 3.05) is 12.4 Å². The van der Waals surface area contributed by atoms with Crippen molar-refractivity contribution >= 4 is 23.4 Å². The van der Waals surface area contributed by atoms with Crippen molar-refractivity contribution < 1.29 is 9.13 Å². The first-order valence-electron chi connectivity index (χ1n) is 6.92. The van der Waals surface area contributed by atoms with Crippen LogP contribution in [0.4, 0.5) is 16.0 Å². The molecule has 6 heteroatoms. The van der Waals surface area contributed by atoms with Crippen LogP contribution in [-0.2, 0) is 0 Å². The lowest BCUT2D eigenvalue weighted by molar-refractivity contribution is 0.417. The van der Waals surface area contributed by atoms with Crippen LogP contribution in [0.3, 0.4) is 0 Å². The fourth-order valence-electron chi connectivity index (χ4n) is 1.95. The molecule has 0 saturated carbocycles. The van der Waals surface area contributed by atoms with E-state index in [0.29, 0.717) is 11.7 Å². The molecule has 0 fully saturated rings. The second-order valence-corrected chi connectivity index (χ2v) is 5.65. The van der Waals surface area contributed by atoms with Crippen molar-refractivity contribution in [2.45, 2.75) is 9.92 Å². The molecule has 0 unspecified atom stereocenters. The molecule has 0 bridgehead atoms. The largest absolute Gasteiger partial charge is 0.495 e. The molecule has 0 aliphatic heterocycles. The Balaban J connectivity index is 1.85. The van der Waals surface area contributed by atoms with Crippen LogP contribution in [0, 0.1) is 5.82 Å². The molecule has 3 rings (SSSR count). The molecule has 0 aliphatic rings. The molecule has 1 N–H and O–H groups in total. The van der Waals surface area contributed by atoms with E-state index in [1.165, 1.54) is 11.8 Å². The van der Waals surface area contributed by atoms with E-state index in [-0.39, 0.29) is 5.03 Å². The topological polar surface area (TPSA) is 47.0 Å². The van der Waals surface area contributed by atoms with E-state index in [4.69, 9.17) is 4.74 Å². The molecule has 23 heavy (non-hydrogen) atoms. The van der Waals surface area contributed by atoms with Gasteiger partial charge in [-0.3, -0.25) is 0 Å². The zero-order valence-corrected chi connectivity index (χ0v) is 13.2. The van der Waals surface area contributed by atoms with Crippen LogP contribution in [-0.4, -0.2) is 17.1 Å². The van der Waals surface area contributed by atoms with E-state index < -0.39 is 5.82 Å². The van der Waals surface area contributed by atoms with Gasteiger partial charge in [0, 0.05) is 4.90 Å². The number of nitrogens with zero attached hydrogens (tertiary/aromatic N) is 2. The highest BCUT2D eigenvalue weighted by atomic mass is 32.2. The lowest BCUT2D eigenvalue weighted by Gasteiger charge is -2.10. The van der Waals surface area contributed by atoms with E-state index in [0.717, 1.165) is 16.8 Å². The number of hydrogen-bond acceptors (Lipinski definition) is 5. The molecule has 3 aromatic rings. The number of aromatic nitrogens is 2. The minimum Gasteiger partial charge on any atom is -0.495 e. The van der Waals surface area contributed by atoms with Crippen LogP contribution in [0.5, 0.6) is 5.75 Å². The van der Waals surface area contributed by atoms with Crippen LogP contribution < -0.4 is 10.1 Å². The Morgan fingerprint density at radius 2 is 1.78 bits per heavy atom. The molecule has 1 heterocycles. The maximum absolute atomic E-state index is 13.9. The first kappa shape index (κ1) is 15.3. The molecule has 1 aromatic heterocycles. The smallest absolute Gasteiger partial charge is 0.228 e. The Labute approximate surface area is 137 Å². The second-order valence-electron chi connectivity index (χ2n) is 4.59. The quantitative estimate of drug-likeness (QED) is 0.698. The van der Waals surface area contributed by atoms with Crippen LogP contribution in [0.2, 0.25) is 0 Å². The fourth-order valence-corrected chi connectivity index (χ4v) is 2.75. The highest BCUT2D eigenvalue weighted by molar-refractivity contribution is 7.99. The zero-order valence-electron chi connectivity index (χ0n) is 12.4. The maximum Gasteiger partial charge on any atom is 0.228 e. The predicted molar refractivity (Wildman–Crippen MR) is 88.8 cm³/mol. The summed E-state index contributed by atoms with van der Waals surface area (Å²) in [5.74, 6) is 0.524. The minimum atomic E-state index is -0.454. The molecular weight excluding hydrogens is 313 g/mol. The molecule has 116 valence electrons. The van der Waals surface area contributed by atoms with Gasteiger partial charge in [-0.05, 0) is 24.3 Å². The lowest BCUT2D eigenvalue weighted by Crippen LogP contribution is -2.01. The van der Waals surface area contributed by atoms with Crippen LogP contribution in [0.1, 0.15) is 0 Å². The molecule has 0 aliphatic carbocycles. The number of ether oxygens (including phenoxy) is 1. The summed E-state index contributed by atoms with van der Waals surface area (Å²) in [5, 5.41) is 3.32. The number of para-hydroxylation sites is 2. The maximum atomic E-state index is 13.9. The van der Waals surface area contributed by atoms with Crippen LogP contribution in [0.15, 0.2) is 70.7 Å². The summed E-state index contributed by atoms with van der Waals surface area (Å²) in [5.41, 5.74) is 0.720. The molecule has 0 radical (unpaired) electrons. The van der Waals surface area contributed by atoms with Gasteiger partial charge in [0.1, 0.15) is 10.8 Å². The van der Waals surface area contributed by atoms with Crippen molar-refractivity contribution in [1.82, 2.24) is 9.97 Å². The highest BCUT2D eigenvalue weighted by Crippen LogP contribution is 2.30. The summed E-state index contributed by atoms with van der Waals surface area (Å²) in [6.45, 7) is 0. The Hall–Kier alpha value is -2.60. The van der Waals surface area contributed by atoms with Crippen molar-refractivity contribution in [3.05, 3.63) is 66.6 Å². The first-order chi connectivity index (χ1) is 11.3. The van der Waals surface area contributed by atoms with Gasteiger partial charge >= 0.3 is 0 Å². The van der Waals surface area contributed by atoms with Crippen molar-refractivity contribution in [2.24, 2.45) is 0 Å².